The molecule has 1 saturated heterocycles. The van der Waals surface area contributed by atoms with Gasteiger partial charge in [0.2, 0.25) is 0 Å². The van der Waals surface area contributed by atoms with Crippen molar-refractivity contribution in [3.8, 4) is 6.07 Å². The van der Waals surface area contributed by atoms with Gasteiger partial charge in [-0.15, -0.1) is 0 Å². The molecule has 17 heavy (non-hydrogen) atoms. The molecule has 1 aliphatic carbocycles. The zero-order valence-corrected chi connectivity index (χ0v) is 9.74. The van der Waals surface area contributed by atoms with Gasteiger partial charge in [-0.3, -0.25) is 4.98 Å². The van der Waals surface area contributed by atoms with Crippen LogP contribution in [0.5, 0.6) is 0 Å². The average molecular weight is 225 g/mol. The molecule has 0 bridgehead atoms. The smallest absolute Gasteiger partial charge is 0.101 e. The van der Waals surface area contributed by atoms with Gasteiger partial charge >= 0.3 is 0 Å². The molecular formula is C14H15N3. The summed E-state index contributed by atoms with van der Waals surface area (Å²) < 4.78 is 0. The molecule has 3 nitrogen and oxygen atoms in total. The van der Waals surface area contributed by atoms with Crippen LogP contribution in [0.1, 0.15) is 36.8 Å². The molecule has 0 amide bonds. The fourth-order valence-electron chi connectivity index (χ4n) is 2.92. The summed E-state index contributed by atoms with van der Waals surface area (Å²) in [5.41, 5.74) is 3.39. The summed E-state index contributed by atoms with van der Waals surface area (Å²) >= 11 is 0. The molecule has 1 fully saturated rings. The number of nitrogens with one attached hydrogen (secondary N) is 1. The van der Waals surface area contributed by atoms with Crippen LogP contribution in [0, 0.1) is 11.3 Å². The van der Waals surface area contributed by atoms with E-state index in [1.807, 2.05) is 12.3 Å². The van der Waals surface area contributed by atoms with Crippen LogP contribution >= 0.6 is 0 Å². The number of pyridine rings is 1. The Balaban J connectivity index is 1.84. The third-order valence-corrected chi connectivity index (χ3v) is 3.84. The van der Waals surface area contributed by atoms with E-state index in [-0.39, 0.29) is 0 Å². The molecular weight excluding hydrogens is 210 g/mol. The van der Waals surface area contributed by atoms with Crippen molar-refractivity contribution < 1.29 is 0 Å². The van der Waals surface area contributed by atoms with Crippen LogP contribution in [0.15, 0.2) is 24.5 Å². The molecule has 1 aromatic rings. The second-order valence-corrected chi connectivity index (χ2v) is 5.00. The first-order valence-electron chi connectivity index (χ1n) is 6.11. The van der Waals surface area contributed by atoms with Gasteiger partial charge in [-0.2, -0.15) is 5.26 Å². The number of nitriles is 1. The molecule has 1 aromatic heterocycles. The van der Waals surface area contributed by atoms with Crippen molar-refractivity contribution in [1.29, 1.82) is 5.26 Å². The molecule has 3 rings (SSSR count). The lowest BCUT2D eigenvalue weighted by Gasteiger charge is -2.23. The maximum atomic E-state index is 8.89. The van der Waals surface area contributed by atoms with Gasteiger partial charge in [0.25, 0.3) is 0 Å². The second-order valence-electron chi connectivity index (χ2n) is 5.00. The van der Waals surface area contributed by atoms with Crippen molar-refractivity contribution in [3.05, 3.63) is 35.7 Å². The average Bonchev–Trinajstić information content (AvgIpc) is 3.01. The Morgan fingerprint density at radius 3 is 3.12 bits per heavy atom. The van der Waals surface area contributed by atoms with Gasteiger partial charge in [-0.1, -0.05) is 6.08 Å². The molecule has 0 radical (unpaired) electrons. The minimum absolute atomic E-state index is 0.304. The Labute approximate surface area is 101 Å². The van der Waals surface area contributed by atoms with Crippen molar-refractivity contribution in [3.63, 3.8) is 0 Å². The molecule has 2 heterocycles. The van der Waals surface area contributed by atoms with Crippen molar-refractivity contribution in [2.75, 3.05) is 6.54 Å². The van der Waals surface area contributed by atoms with E-state index in [0.29, 0.717) is 11.1 Å². The van der Waals surface area contributed by atoms with E-state index in [4.69, 9.17) is 5.26 Å². The third kappa shape index (κ3) is 1.85. The second kappa shape index (κ2) is 3.97. The summed E-state index contributed by atoms with van der Waals surface area (Å²) in [6.45, 7) is 1.14. The SMILES string of the molecule is N#Cc1cncc(C2=CCC3(CCCN3)C2)c1. The van der Waals surface area contributed by atoms with E-state index in [1.165, 1.54) is 18.4 Å². The van der Waals surface area contributed by atoms with Crippen LogP contribution in [0.25, 0.3) is 5.57 Å². The van der Waals surface area contributed by atoms with Gasteiger partial charge in [-0.05, 0) is 49.4 Å². The Morgan fingerprint density at radius 2 is 2.35 bits per heavy atom. The highest BCUT2D eigenvalue weighted by Gasteiger charge is 2.37. The van der Waals surface area contributed by atoms with Crippen LogP contribution in [0.3, 0.4) is 0 Å². The van der Waals surface area contributed by atoms with E-state index >= 15 is 0 Å². The molecule has 1 atom stereocenters. The zero-order valence-electron chi connectivity index (χ0n) is 9.74. The van der Waals surface area contributed by atoms with Crippen LogP contribution < -0.4 is 5.32 Å². The van der Waals surface area contributed by atoms with Crippen molar-refractivity contribution in [2.24, 2.45) is 0 Å². The van der Waals surface area contributed by atoms with E-state index in [1.54, 1.807) is 6.20 Å². The van der Waals surface area contributed by atoms with Crippen LogP contribution in [-0.2, 0) is 0 Å². The summed E-state index contributed by atoms with van der Waals surface area (Å²) in [4.78, 5) is 4.13. The fraction of sp³-hybridized carbons (Fsp3) is 0.429. The summed E-state index contributed by atoms with van der Waals surface area (Å²) in [6.07, 6.45) is 10.5. The fourth-order valence-corrected chi connectivity index (χ4v) is 2.92. The van der Waals surface area contributed by atoms with Crippen molar-refractivity contribution in [1.82, 2.24) is 10.3 Å². The monoisotopic (exact) mass is 225 g/mol. The first-order valence-corrected chi connectivity index (χ1v) is 6.11. The quantitative estimate of drug-likeness (QED) is 0.797. The summed E-state index contributed by atoms with van der Waals surface area (Å²) in [7, 11) is 0. The largest absolute Gasteiger partial charge is 0.311 e. The lowest BCUT2D eigenvalue weighted by molar-refractivity contribution is 0.406. The van der Waals surface area contributed by atoms with Gasteiger partial charge in [0.05, 0.1) is 5.56 Å². The molecule has 3 heteroatoms. The van der Waals surface area contributed by atoms with Gasteiger partial charge in [0.1, 0.15) is 6.07 Å². The lowest BCUT2D eigenvalue weighted by atomic mass is 9.92. The number of nitrogens with zero attached hydrogens (tertiary/aromatic N) is 2. The summed E-state index contributed by atoms with van der Waals surface area (Å²) in [5, 5.41) is 12.5. The van der Waals surface area contributed by atoms with Gasteiger partial charge in [0.15, 0.2) is 0 Å². The molecule has 1 aliphatic heterocycles. The molecule has 86 valence electrons. The number of rotatable bonds is 1. The van der Waals surface area contributed by atoms with E-state index in [9.17, 15) is 0 Å². The highest BCUT2D eigenvalue weighted by Crippen LogP contribution is 2.40. The molecule has 1 unspecified atom stereocenters. The minimum atomic E-state index is 0.304. The predicted molar refractivity (Wildman–Crippen MR) is 66.1 cm³/mol. The number of hydrogen-bond acceptors (Lipinski definition) is 3. The Hall–Kier alpha value is -1.66. The number of hydrogen-bond donors (Lipinski definition) is 1. The van der Waals surface area contributed by atoms with Crippen LogP contribution in [0.4, 0.5) is 0 Å². The molecule has 2 aliphatic rings. The van der Waals surface area contributed by atoms with E-state index < -0.39 is 0 Å². The highest BCUT2D eigenvalue weighted by atomic mass is 15.0. The van der Waals surface area contributed by atoms with Gasteiger partial charge in [-0.25, -0.2) is 0 Å². The van der Waals surface area contributed by atoms with Gasteiger partial charge < -0.3 is 5.32 Å². The standard InChI is InChI=1S/C14H15N3/c15-8-11-6-13(10-16-9-11)12-2-4-14(7-12)3-1-5-17-14/h2,6,9-10,17H,1,3-5,7H2. The van der Waals surface area contributed by atoms with Crippen molar-refractivity contribution in [2.45, 2.75) is 31.2 Å². The molecule has 0 aromatic carbocycles. The topological polar surface area (TPSA) is 48.7 Å². The summed E-state index contributed by atoms with van der Waals surface area (Å²) in [6, 6.07) is 4.08. The maximum absolute atomic E-state index is 8.89. The summed E-state index contributed by atoms with van der Waals surface area (Å²) in [5.74, 6) is 0. The predicted octanol–water partition coefficient (Wildman–Crippen LogP) is 2.25. The van der Waals surface area contributed by atoms with Crippen molar-refractivity contribution >= 4 is 5.57 Å². The molecule has 0 saturated carbocycles. The normalized spacial score (nSPS) is 27.1. The molecule has 1 spiro atoms. The maximum Gasteiger partial charge on any atom is 0.101 e. The van der Waals surface area contributed by atoms with Crippen LogP contribution in [-0.4, -0.2) is 17.1 Å². The first-order chi connectivity index (χ1) is 8.31. The Morgan fingerprint density at radius 1 is 1.41 bits per heavy atom. The first kappa shape index (κ1) is 10.5. The number of aromatic nitrogens is 1. The third-order valence-electron chi connectivity index (χ3n) is 3.84. The minimum Gasteiger partial charge on any atom is -0.311 e. The van der Waals surface area contributed by atoms with E-state index in [0.717, 1.165) is 24.9 Å². The van der Waals surface area contributed by atoms with E-state index in [2.05, 4.69) is 22.4 Å². The zero-order chi connectivity index (χ0) is 11.7. The van der Waals surface area contributed by atoms with Gasteiger partial charge in [0, 0.05) is 17.9 Å². The van der Waals surface area contributed by atoms with Crippen LogP contribution in [0.2, 0.25) is 0 Å². The Bertz CT molecular complexity index is 504. The Kier molecular flexibility index (Phi) is 2.45. The lowest BCUT2D eigenvalue weighted by Crippen LogP contribution is -2.36. The highest BCUT2D eigenvalue weighted by molar-refractivity contribution is 5.69. The molecule has 1 N–H and O–H groups in total.